The van der Waals surface area contributed by atoms with E-state index in [1.807, 2.05) is 0 Å². The Labute approximate surface area is 109 Å². The monoisotopic (exact) mass is 271 g/mol. The van der Waals surface area contributed by atoms with Gasteiger partial charge < -0.3 is 4.74 Å². The Hall–Kier alpha value is -1.61. The smallest absolute Gasteiger partial charge is 0.310 e. The SMILES string of the molecule is CCOC(=O)Cc1c(C#N)cc(S)cc1C(F)F. The highest BCUT2D eigenvalue weighted by Gasteiger charge is 2.20. The van der Waals surface area contributed by atoms with Crippen LogP contribution in [0.15, 0.2) is 17.0 Å². The van der Waals surface area contributed by atoms with Crippen LogP contribution in [0.5, 0.6) is 0 Å². The topological polar surface area (TPSA) is 50.1 Å². The molecule has 3 nitrogen and oxygen atoms in total. The van der Waals surface area contributed by atoms with E-state index in [1.165, 1.54) is 6.07 Å². The quantitative estimate of drug-likeness (QED) is 0.676. The van der Waals surface area contributed by atoms with Gasteiger partial charge in [0.1, 0.15) is 0 Å². The first-order valence-corrected chi connectivity index (χ1v) is 5.64. The maximum atomic E-state index is 12.9. The molecule has 0 saturated heterocycles. The molecular weight excluding hydrogens is 260 g/mol. The van der Waals surface area contributed by atoms with Crippen molar-refractivity contribution in [3.8, 4) is 6.07 Å². The lowest BCUT2D eigenvalue weighted by molar-refractivity contribution is -0.142. The number of ether oxygens (including phenoxy) is 1. The fourth-order valence-corrected chi connectivity index (χ4v) is 1.79. The molecule has 1 aromatic carbocycles. The highest BCUT2D eigenvalue weighted by Crippen LogP contribution is 2.29. The summed E-state index contributed by atoms with van der Waals surface area (Å²) in [5, 5.41) is 8.91. The third-order valence-corrected chi connectivity index (χ3v) is 2.51. The number of halogens is 2. The van der Waals surface area contributed by atoms with Crippen molar-refractivity contribution in [3.63, 3.8) is 0 Å². The van der Waals surface area contributed by atoms with Crippen molar-refractivity contribution in [2.24, 2.45) is 0 Å². The highest BCUT2D eigenvalue weighted by molar-refractivity contribution is 7.80. The number of hydrogen-bond acceptors (Lipinski definition) is 4. The Morgan fingerprint density at radius 1 is 1.56 bits per heavy atom. The van der Waals surface area contributed by atoms with Crippen molar-refractivity contribution < 1.29 is 18.3 Å². The second-order valence-electron chi connectivity index (χ2n) is 3.46. The Kier molecular flexibility index (Phi) is 5.10. The number of carbonyl (C=O) groups is 1. The molecule has 0 saturated carbocycles. The van der Waals surface area contributed by atoms with Crippen LogP contribution >= 0.6 is 12.6 Å². The number of thiol groups is 1. The Morgan fingerprint density at radius 3 is 2.72 bits per heavy atom. The zero-order valence-corrected chi connectivity index (χ0v) is 10.5. The Bertz CT molecular complexity index is 498. The summed E-state index contributed by atoms with van der Waals surface area (Å²) < 4.78 is 30.4. The van der Waals surface area contributed by atoms with Crippen LogP contribution in [0.25, 0.3) is 0 Å². The fraction of sp³-hybridized carbons (Fsp3) is 0.333. The van der Waals surface area contributed by atoms with Crippen LogP contribution in [-0.2, 0) is 16.0 Å². The molecule has 0 amide bonds. The van der Waals surface area contributed by atoms with Gasteiger partial charge in [0.05, 0.1) is 24.7 Å². The fourth-order valence-electron chi connectivity index (χ4n) is 1.53. The maximum absolute atomic E-state index is 12.9. The van der Waals surface area contributed by atoms with Gasteiger partial charge in [-0.25, -0.2) is 8.78 Å². The number of alkyl halides is 2. The van der Waals surface area contributed by atoms with Gasteiger partial charge in [-0.3, -0.25) is 4.79 Å². The summed E-state index contributed by atoms with van der Waals surface area (Å²) in [6.07, 6.45) is -3.11. The minimum absolute atomic E-state index is 0.00347. The molecule has 96 valence electrons. The molecule has 0 fully saturated rings. The summed E-state index contributed by atoms with van der Waals surface area (Å²) in [6.45, 7) is 1.78. The normalized spacial score (nSPS) is 10.2. The second-order valence-corrected chi connectivity index (χ2v) is 3.97. The van der Waals surface area contributed by atoms with E-state index in [1.54, 1.807) is 13.0 Å². The second kappa shape index (κ2) is 6.36. The number of hydrogen-bond donors (Lipinski definition) is 1. The molecule has 0 aliphatic carbocycles. The third-order valence-electron chi connectivity index (χ3n) is 2.25. The van der Waals surface area contributed by atoms with Gasteiger partial charge in [-0.1, -0.05) is 0 Å². The molecule has 0 atom stereocenters. The van der Waals surface area contributed by atoms with Crippen molar-refractivity contribution in [2.45, 2.75) is 24.7 Å². The molecule has 0 unspecified atom stereocenters. The first-order valence-electron chi connectivity index (χ1n) is 5.19. The van der Waals surface area contributed by atoms with Gasteiger partial charge in [0, 0.05) is 10.5 Å². The Morgan fingerprint density at radius 2 is 2.22 bits per heavy atom. The van der Waals surface area contributed by atoms with Gasteiger partial charge >= 0.3 is 5.97 Å². The zero-order chi connectivity index (χ0) is 13.7. The lowest BCUT2D eigenvalue weighted by atomic mass is 9.99. The first-order chi connectivity index (χ1) is 8.49. The van der Waals surface area contributed by atoms with E-state index in [0.717, 1.165) is 6.07 Å². The van der Waals surface area contributed by atoms with Crippen LogP contribution in [0.2, 0.25) is 0 Å². The molecule has 0 bridgehead atoms. The lowest BCUT2D eigenvalue weighted by Gasteiger charge is -2.11. The number of carbonyl (C=O) groups excluding carboxylic acids is 1. The maximum Gasteiger partial charge on any atom is 0.310 e. The van der Waals surface area contributed by atoms with Gasteiger partial charge in [0.2, 0.25) is 0 Å². The predicted octanol–water partition coefficient (Wildman–Crippen LogP) is 2.89. The predicted molar refractivity (Wildman–Crippen MR) is 63.7 cm³/mol. The van der Waals surface area contributed by atoms with E-state index in [-0.39, 0.29) is 34.6 Å². The largest absolute Gasteiger partial charge is 0.466 e. The summed E-state index contributed by atoms with van der Waals surface area (Å²) in [5.74, 6) is -0.636. The molecule has 0 spiro atoms. The lowest BCUT2D eigenvalue weighted by Crippen LogP contribution is -2.11. The first kappa shape index (κ1) is 14.5. The van der Waals surface area contributed by atoms with Crippen molar-refractivity contribution in [2.75, 3.05) is 6.61 Å². The molecule has 18 heavy (non-hydrogen) atoms. The summed E-state index contributed by atoms with van der Waals surface area (Å²) in [5.41, 5.74) is -0.332. The molecular formula is C12H11F2NO2S. The minimum atomic E-state index is -2.77. The van der Waals surface area contributed by atoms with Crippen molar-refractivity contribution >= 4 is 18.6 Å². The van der Waals surface area contributed by atoms with E-state index in [0.29, 0.717) is 0 Å². The summed E-state index contributed by atoms with van der Waals surface area (Å²) in [4.78, 5) is 11.6. The molecule has 1 rings (SSSR count). The zero-order valence-electron chi connectivity index (χ0n) is 9.61. The number of esters is 1. The minimum Gasteiger partial charge on any atom is -0.466 e. The van der Waals surface area contributed by atoms with E-state index >= 15 is 0 Å². The standard InChI is InChI=1S/C12H11F2NO2S/c1-2-17-11(16)5-9-7(6-15)3-8(18)4-10(9)12(13)14/h3-4,12,18H,2,5H2,1H3. The van der Waals surface area contributed by atoms with Crippen molar-refractivity contribution in [3.05, 3.63) is 28.8 Å². The van der Waals surface area contributed by atoms with Gasteiger partial charge in [-0.15, -0.1) is 12.6 Å². The molecule has 0 aliphatic rings. The van der Waals surface area contributed by atoms with Crippen LogP contribution in [0.3, 0.4) is 0 Å². The molecule has 1 aromatic rings. The van der Waals surface area contributed by atoms with E-state index < -0.39 is 12.4 Å². The molecule has 0 aliphatic heterocycles. The van der Waals surface area contributed by atoms with E-state index in [2.05, 4.69) is 12.6 Å². The molecule has 6 heteroatoms. The van der Waals surface area contributed by atoms with Crippen LogP contribution < -0.4 is 0 Å². The van der Waals surface area contributed by atoms with Gasteiger partial charge in [-0.2, -0.15) is 5.26 Å². The highest BCUT2D eigenvalue weighted by atomic mass is 32.1. The summed E-state index contributed by atoms with van der Waals surface area (Å²) in [6, 6.07) is 4.30. The third kappa shape index (κ3) is 3.44. The average Bonchev–Trinajstić information content (AvgIpc) is 2.30. The molecule has 0 radical (unpaired) electrons. The Balaban J connectivity index is 3.22. The van der Waals surface area contributed by atoms with Crippen LogP contribution in [0.1, 0.15) is 30.0 Å². The number of nitrogens with zero attached hydrogens (tertiary/aromatic N) is 1. The van der Waals surface area contributed by atoms with Crippen molar-refractivity contribution in [1.29, 1.82) is 5.26 Å². The van der Waals surface area contributed by atoms with Gasteiger partial charge in [0.25, 0.3) is 6.43 Å². The number of benzene rings is 1. The number of rotatable bonds is 4. The van der Waals surface area contributed by atoms with Crippen molar-refractivity contribution in [1.82, 2.24) is 0 Å². The number of nitriles is 1. The van der Waals surface area contributed by atoms with E-state index in [9.17, 15) is 13.6 Å². The molecule has 0 heterocycles. The van der Waals surface area contributed by atoms with Gasteiger partial charge in [0.15, 0.2) is 0 Å². The van der Waals surface area contributed by atoms with Crippen LogP contribution in [0.4, 0.5) is 8.78 Å². The van der Waals surface area contributed by atoms with E-state index in [4.69, 9.17) is 10.00 Å². The molecule has 0 N–H and O–H groups in total. The van der Waals surface area contributed by atoms with Gasteiger partial charge in [-0.05, 0) is 24.6 Å². The van der Waals surface area contributed by atoms with Crippen LogP contribution in [-0.4, -0.2) is 12.6 Å². The summed E-state index contributed by atoms with van der Waals surface area (Å²) in [7, 11) is 0. The van der Waals surface area contributed by atoms with Crippen LogP contribution in [0, 0.1) is 11.3 Å². The average molecular weight is 271 g/mol. The molecule has 0 aromatic heterocycles. The summed E-state index contributed by atoms with van der Waals surface area (Å²) >= 11 is 3.95.